The molecule has 3 aromatic heterocycles. The quantitative estimate of drug-likeness (QED) is 0.0774. The Bertz CT molecular complexity index is 2140. The maximum Gasteiger partial charge on any atom is 0.326 e. The van der Waals surface area contributed by atoms with Crippen LogP contribution >= 0.6 is 0 Å². The molecule has 0 bridgehead atoms. The van der Waals surface area contributed by atoms with Crippen molar-refractivity contribution in [2.24, 2.45) is 5.73 Å². The van der Waals surface area contributed by atoms with E-state index in [4.69, 9.17) is 5.73 Å². The highest BCUT2D eigenvalue weighted by atomic mass is 16.4. The lowest BCUT2D eigenvalue weighted by Gasteiger charge is -2.25. The second-order valence-electron chi connectivity index (χ2n) is 12.4. The van der Waals surface area contributed by atoms with Gasteiger partial charge in [0.15, 0.2) is 0 Å². The van der Waals surface area contributed by atoms with Crippen LogP contribution in [0.25, 0.3) is 21.8 Å². The zero-order valence-electron chi connectivity index (χ0n) is 27.4. The van der Waals surface area contributed by atoms with Crippen molar-refractivity contribution >= 4 is 45.5 Å². The number of rotatable bonds is 15. The molecule has 6 rings (SSSR count). The molecule has 262 valence electrons. The number of nitrogens with two attached hydrogens (primary N) is 1. The molecular formula is C37H38N8O6. The third-order valence-electron chi connectivity index (χ3n) is 8.79. The van der Waals surface area contributed by atoms with Gasteiger partial charge < -0.3 is 46.8 Å². The molecule has 0 radical (unpaired) electrons. The van der Waals surface area contributed by atoms with Crippen molar-refractivity contribution in [3.63, 3.8) is 0 Å². The van der Waals surface area contributed by atoms with Crippen molar-refractivity contribution in [3.05, 3.63) is 120 Å². The minimum Gasteiger partial charge on any atom is -0.508 e. The Hall–Kier alpha value is -6.41. The molecular weight excluding hydrogens is 652 g/mol. The SMILES string of the molecule is NC(Cc1ccc(O)cc1)C(=O)NC(Cc1c[nH]c2ccccc12)C(=O)NC(Cc1c[nH]c2ccccc12)C(=O)NC(Cc1cnc[nH]1)C(=O)O. The topological polar surface area (TPSA) is 231 Å². The van der Waals surface area contributed by atoms with E-state index in [1.165, 1.54) is 24.7 Å². The van der Waals surface area contributed by atoms with Gasteiger partial charge in [0.2, 0.25) is 17.7 Å². The van der Waals surface area contributed by atoms with Crippen molar-refractivity contribution in [2.45, 2.75) is 49.9 Å². The fourth-order valence-corrected chi connectivity index (χ4v) is 6.08. The van der Waals surface area contributed by atoms with Gasteiger partial charge in [0, 0.05) is 65.4 Å². The molecule has 3 amide bonds. The molecule has 14 heteroatoms. The minimum absolute atomic E-state index is 0.0199. The van der Waals surface area contributed by atoms with Crippen molar-refractivity contribution in [1.82, 2.24) is 35.9 Å². The zero-order valence-corrected chi connectivity index (χ0v) is 27.4. The second-order valence-corrected chi connectivity index (χ2v) is 12.4. The van der Waals surface area contributed by atoms with E-state index in [1.54, 1.807) is 24.5 Å². The van der Waals surface area contributed by atoms with Gasteiger partial charge in [-0.25, -0.2) is 9.78 Å². The molecule has 3 aromatic carbocycles. The van der Waals surface area contributed by atoms with Gasteiger partial charge in [-0.1, -0.05) is 48.5 Å². The summed E-state index contributed by atoms with van der Waals surface area (Å²) in [5.41, 5.74) is 10.7. The number of aromatic amines is 3. The van der Waals surface area contributed by atoms with Crippen LogP contribution in [-0.4, -0.2) is 78.0 Å². The molecule has 4 atom stereocenters. The molecule has 10 N–H and O–H groups in total. The van der Waals surface area contributed by atoms with Crippen molar-refractivity contribution in [1.29, 1.82) is 0 Å². The first-order valence-corrected chi connectivity index (χ1v) is 16.4. The molecule has 6 aromatic rings. The molecule has 0 aliphatic carbocycles. The minimum atomic E-state index is -1.32. The fraction of sp³-hybridized carbons (Fsp3) is 0.216. The van der Waals surface area contributed by atoms with Gasteiger partial charge in [-0.15, -0.1) is 0 Å². The lowest BCUT2D eigenvalue weighted by molar-refractivity contribution is -0.142. The molecule has 14 nitrogen and oxygen atoms in total. The molecule has 0 saturated carbocycles. The molecule has 3 heterocycles. The highest BCUT2D eigenvalue weighted by Crippen LogP contribution is 2.21. The van der Waals surface area contributed by atoms with E-state index in [1.807, 2.05) is 48.5 Å². The lowest BCUT2D eigenvalue weighted by Crippen LogP contribution is -2.58. The van der Waals surface area contributed by atoms with Crippen LogP contribution in [0.15, 0.2) is 97.7 Å². The Balaban J connectivity index is 1.27. The Morgan fingerprint density at radius 1 is 0.667 bits per heavy atom. The van der Waals surface area contributed by atoms with Gasteiger partial charge in [-0.3, -0.25) is 14.4 Å². The first-order chi connectivity index (χ1) is 24.6. The summed E-state index contributed by atoms with van der Waals surface area (Å²) in [7, 11) is 0. The summed E-state index contributed by atoms with van der Waals surface area (Å²) in [6, 6.07) is 16.6. The maximum atomic E-state index is 14.2. The van der Waals surface area contributed by atoms with E-state index >= 15 is 0 Å². The fourth-order valence-electron chi connectivity index (χ4n) is 6.08. The normalized spacial score (nSPS) is 13.7. The molecule has 0 aliphatic rings. The van der Waals surface area contributed by atoms with E-state index in [0.717, 1.165) is 32.9 Å². The molecule has 0 aliphatic heterocycles. The third-order valence-corrected chi connectivity index (χ3v) is 8.79. The van der Waals surface area contributed by atoms with Crippen LogP contribution in [0, 0.1) is 0 Å². The summed E-state index contributed by atoms with van der Waals surface area (Å²) in [5.74, 6) is -3.16. The molecule has 4 unspecified atom stereocenters. The summed E-state index contributed by atoms with van der Waals surface area (Å²) in [5, 5.41) is 29.5. The predicted molar refractivity (Wildman–Crippen MR) is 190 cm³/mol. The summed E-state index contributed by atoms with van der Waals surface area (Å²) in [6.45, 7) is 0. The van der Waals surface area contributed by atoms with Crippen LogP contribution in [0.3, 0.4) is 0 Å². The number of nitrogens with zero attached hydrogens (tertiary/aromatic N) is 1. The number of benzene rings is 3. The standard InChI is InChI=1S/C37H38N8O6/c38-28(13-21-9-11-25(46)12-10-21)34(47)43-31(14-22-17-40-29-7-3-1-5-26(22)29)35(48)44-32(15-23-18-41-30-8-4-2-6-27(23)30)36(49)45-33(37(50)51)16-24-19-39-20-42-24/h1-12,17-20,28,31-33,40-41,46H,13-16,38H2,(H,39,42)(H,43,47)(H,44,48)(H,45,49)(H,50,51). The van der Waals surface area contributed by atoms with Crippen molar-refractivity contribution < 1.29 is 29.4 Å². The van der Waals surface area contributed by atoms with Crippen LogP contribution in [0.5, 0.6) is 5.75 Å². The van der Waals surface area contributed by atoms with Crippen LogP contribution in [0.4, 0.5) is 0 Å². The molecule has 0 spiro atoms. The van der Waals surface area contributed by atoms with Crippen LogP contribution in [-0.2, 0) is 44.9 Å². The number of carboxylic acids is 1. The molecule has 0 fully saturated rings. The number of aromatic hydroxyl groups is 1. The number of carboxylic acid groups (broad SMARTS) is 1. The summed E-state index contributed by atoms with van der Waals surface area (Å²) in [4.78, 5) is 66.9. The second kappa shape index (κ2) is 15.4. The number of phenols is 1. The zero-order chi connectivity index (χ0) is 35.9. The summed E-state index contributed by atoms with van der Waals surface area (Å²) < 4.78 is 0. The number of aromatic nitrogens is 4. The molecule has 0 saturated heterocycles. The Kier molecular flexibility index (Phi) is 10.4. The number of nitrogens with one attached hydrogen (secondary N) is 6. The van der Waals surface area contributed by atoms with Crippen LogP contribution in [0.2, 0.25) is 0 Å². The van der Waals surface area contributed by atoms with Gasteiger partial charge in [-0.05, 0) is 47.4 Å². The van der Waals surface area contributed by atoms with E-state index < -0.39 is 47.9 Å². The number of para-hydroxylation sites is 2. The number of fused-ring (bicyclic) bond motifs is 2. The average Bonchev–Trinajstić information content (AvgIpc) is 3.89. The number of H-pyrrole nitrogens is 3. The van der Waals surface area contributed by atoms with Crippen molar-refractivity contribution in [3.8, 4) is 5.75 Å². The summed E-state index contributed by atoms with van der Waals surface area (Å²) in [6.07, 6.45) is 6.55. The van der Waals surface area contributed by atoms with Crippen LogP contribution < -0.4 is 21.7 Å². The van der Waals surface area contributed by atoms with Gasteiger partial charge in [0.1, 0.15) is 23.9 Å². The first kappa shape index (κ1) is 34.5. The van der Waals surface area contributed by atoms with Crippen LogP contribution in [0.1, 0.15) is 22.4 Å². The summed E-state index contributed by atoms with van der Waals surface area (Å²) >= 11 is 0. The van der Waals surface area contributed by atoms with Gasteiger partial charge in [-0.2, -0.15) is 0 Å². The number of phenolic OH excluding ortho intramolecular Hbond substituents is 1. The average molecular weight is 691 g/mol. The number of imidazole rings is 1. The van der Waals surface area contributed by atoms with E-state index in [2.05, 4.69) is 35.9 Å². The maximum absolute atomic E-state index is 14.2. The number of aliphatic carboxylic acids is 1. The number of hydrogen-bond donors (Lipinski definition) is 9. The van der Waals surface area contributed by atoms with Gasteiger partial charge in [0.25, 0.3) is 0 Å². The predicted octanol–water partition coefficient (Wildman–Crippen LogP) is 2.21. The number of carbonyl (C=O) groups is 4. The number of carbonyl (C=O) groups excluding carboxylic acids is 3. The number of amides is 3. The largest absolute Gasteiger partial charge is 0.508 e. The molecule has 51 heavy (non-hydrogen) atoms. The third kappa shape index (κ3) is 8.43. The van der Waals surface area contributed by atoms with E-state index in [0.29, 0.717) is 11.3 Å². The lowest BCUT2D eigenvalue weighted by atomic mass is 10.0. The highest BCUT2D eigenvalue weighted by molar-refractivity contribution is 5.95. The van der Waals surface area contributed by atoms with E-state index in [9.17, 15) is 29.4 Å². The van der Waals surface area contributed by atoms with E-state index in [-0.39, 0.29) is 31.4 Å². The Morgan fingerprint density at radius 2 is 1.20 bits per heavy atom. The Morgan fingerprint density at radius 3 is 1.73 bits per heavy atom. The van der Waals surface area contributed by atoms with Gasteiger partial charge >= 0.3 is 5.97 Å². The number of hydrogen-bond acceptors (Lipinski definition) is 7. The smallest absolute Gasteiger partial charge is 0.326 e. The van der Waals surface area contributed by atoms with Crippen molar-refractivity contribution in [2.75, 3.05) is 0 Å². The first-order valence-electron chi connectivity index (χ1n) is 16.4. The van der Waals surface area contributed by atoms with Gasteiger partial charge in [0.05, 0.1) is 12.4 Å². The monoisotopic (exact) mass is 690 g/mol. The highest BCUT2D eigenvalue weighted by Gasteiger charge is 2.32. The Labute approximate surface area is 291 Å².